The zero-order valence-corrected chi connectivity index (χ0v) is 14.1. The molecule has 122 valence electrons. The van der Waals surface area contributed by atoms with Crippen LogP contribution in [-0.2, 0) is 19.4 Å². The van der Waals surface area contributed by atoms with Crippen LogP contribution in [0.4, 0.5) is 0 Å². The van der Waals surface area contributed by atoms with E-state index in [-0.39, 0.29) is 30.0 Å². The van der Waals surface area contributed by atoms with Crippen molar-refractivity contribution in [2.45, 2.75) is 52.1 Å². The average molecular weight is 318 g/mol. The molecule has 1 heterocycles. The molecule has 2 atom stereocenters. The van der Waals surface area contributed by atoms with E-state index in [4.69, 9.17) is 0 Å². The molecule has 1 rings (SSSR count). The van der Waals surface area contributed by atoms with Gasteiger partial charge in [0.25, 0.3) is 0 Å². The smallest absolute Gasteiger partial charge is 0.245 e. The lowest BCUT2D eigenvalue weighted by molar-refractivity contribution is -0.149. The van der Waals surface area contributed by atoms with Crippen molar-refractivity contribution in [1.82, 2.24) is 10.2 Å². The third kappa shape index (κ3) is 5.30. The van der Waals surface area contributed by atoms with Gasteiger partial charge in [0.2, 0.25) is 11.8 Å². The first-order valence-corrected chi connectivity index (χ1v) is 9.50. The van der Waals surface area contributed by atoms with Gasteiger partial charge in [0.1, 0.15) is 21.9 Å². The standard InChI is InChI=1S/C14H26N2O4S/c1-5-6-11-14(18)16(7-8-21(4,19)20)12(9-10(2)3)13(17)15-11/h10-12H,5-9H2,1-4H3,(H,15,17). The number of sulfone groups is 1. The molecule has 0 saturated carbocycles. The molecule has 0 aromatic heterocycles. The molecule has 7 heteroatoms. The average Bonchev–Trinajstić information content (AvgIpc) is 2.33. The number of nitrogens with one attached hydrogen (secondary N) is 1. The number of carbonyl (C=O) groups is 2. The summed E-state index contributed by atoms with van der Waals surface area (Å²) in [5, 5.41) is 2.77. The van der Waals surface area contributed by atoms with E-state index in [0.717, 1.165) is 12.7 Å². The number of hydrogen-bond acceptors (Lipinski definition) is 4. The van der Waals surface area contributed by atoms with Crippen molar-refractivity contribution in [2.75, 3.05) is 18.6 Å². The predicted molar refractivity (Wildman–Crippen MR) is 81.5 cm³/mol. The van der Waals surface area contributed by atoms with Crippen molar-refractivity contribution >= 4 is 21.7 Å². The molecule has 6 nitrogen and oxygen atoms in total. The van der Waals surface area contributed by atoms with Gasteiger partial charge in [-0.05, 0) is 18.8 Å². The topological polar surface area (TPSA) is 83.6 Å². The molecular weight excluding hydrogens is 292 g/mol. The molecule has 1 fully saturated rings. The van der Waals surface area contributed by atoms with Gasteiger partial charge in [0, 0.05) is 12.8 Å². The van der Waals surface area contributed by atoms with Crippen molar-refractivity contribution in [3.63, 3.8) is 0 Å². The molecule has 21 heavy (non-hydrogen) atoms. The second-order valence-electron chi connectivity index (χ2n) is 6.16. The summed E-state index contributed by atoms with van der Waals surface area (Å²) in [5.41, 5.74) is 0. The summed E-state index contributed by atoms with van der Waals surface area (Å²) in [5.74, 6) is -0.197. The monoisotopic (exact) mass is 318 g/mol. The Morgan fingerprint density at radius 2 is 1.90 bits per heavy atom. The lowest BCUT2D eigenvalue weighted by Crippen LogP contribution is -2.64. The van der Waals surface area contributed by atoms with Gasteiger partial charge in [-0.1, -0.05) is 27.2 Å². The predicted octanol–water partition coefficient (Wildman–Crippen LogP) is 0.573. The fourth-order valence-electron chi connectivity index (χ4n) is 2.52. The van der Waals surface area contributed by atoms with Crippen molar-refractivity contribution in [1.29, 1.82) is 0 Å². The first kappa shape index (κ1) is 17.9. The Morgan fingerprint density at radius 1 is 1.29 bits per heavy atom. The Kier molecular flexibility index (Phi) is 6.19. The van der Waals surface area contributed by atoms with Gasteiger partial charge in [-0.15, -0.1) is 0 Å². The van der Waals surface area contributed by atoms with Crippen LogP contribution in [0.2, 0.25) is 0 Å². The first-order chi connectivity index (χ1) is 9.65. The molecule has 1 aliphatic rings. The third-order valence-electron chi connectivity index (χ3n) is 3.55. The van der Waals surface area contributed by atoms with E-state index in [2.05, 4.69) is 5.32 Å². The van der Waals surface area contributed by atoms with Crippen molar-refractivity contribution < 1.29 is 18.0 Å². The summed E-state index contributed by atoms with van der Waals surface area (Å²) < 4.78 is 22.7. The highest BCUT2D eigenvalue weighted by molar-refractivity contribution is 7.90. The zero-order valence-electron chi connectivity index (χ0n) is 13.3. The van der Waals surface area contributed by atoms with Crippen molar-refractivity contribution in [3.8, 4) is 0 Å². The van der Waals surface area contributed by atoms with Gasteiger partial charge in [-0.3, -0.25) is 9.59 Å². The van der Waals surface area contributed by atoms with Crippen LogP contribution in [0.3, 0.4) is 0 Å². The molecule has 0 aliphatic carbocycles. The van der Waals surface area contributed by atoms with Crippen LogP contribution >= 0.6 is 0 Å². The zero-order chi connectivity index (χ0) is 16.2. The second kappa shape index (κ2) is 7.24. The molecule has 0 aromatic rings. The van der Waals surface area contributed by atoms with Gasteiger partial charge in [0.15, 0.2) is 0 Å². The van der Waals surface area contributed by atoms with Crippen LogP contribution in [0.25, 0.3) is 0 Å². The van der Waals surface area contributed by atoms with Gasteiger partial charge in [-0.2, -0.15) is 0 Å². The van der Waals surface area contributed by atoms with Crippen LogP contribution in [0.1, 0.15) is 40.0 Å². The van der Waals surface area contributed by atoms with E-state index in [0.29, 0.717) is 12.8 Å². The minimum Gasteiger partial charge on any atom is -0.343 e. The third-order valence-corrected chi connectivity index (χ3v) is 4.48. The number of hydrogen-bond donors (Lipinski definition) is 1. The van der Waals surface area contributed by atoms with Crippen LogP contribution in [-0.4, -0.2) is 55.8 Å². The SMILES string of the molecule is CCCC1NC(=O)C(CC(C)C)N(CCS(C)(=O)=O)C1=O. The summed E-state index contributed by atoms with van der Waals surface area (Å²) in [7, 11) is -3.17. The fraction of sp³-hybridized carbons (Fsp3) is 0.857. The Bertz CT molecular complexity index is 487. The summed E-state index contributed by atoms with van der Waals surface area (Å²) in [4.78, 5) is 26.2. The molecule has 1 aliphatic heterocycles. The Balaban J connectivity index is 2.94. The van der Waals surface area contributed by atoms with Gasteiger partial charge in [-0.25, -0.2) is 8.42 Å². The normalized spacial score (nSPS) is 23.6. The summed E-state index contributed by atoms with van der Waals surface area (Å²) in [6.45, 7) is 5.98. The molecule has 0 aromatic carbocycles. The lowest BCUT2D eigenvalue weighted by atomic mass is 9.96. The Morgan fingerprint density at radius 3 is 2.38 bits per heavy atom. The Labute approximate surface area is 127 Å². The molecule has 0 spiro atoms. The van der Waals surface area contributed by atoms with Crippen LogP contribution in [0.5, 0.6) is 0 Å². The highest BCUT2D eigenvalue weighted by Gasteiger charge is 2.40. The summed E-state index contributed by atoms with van der Waals surface area (Å²) >= 11 is 0. The maximum atomic E-state index is 12.5. The van der Waals surface area contributed by atoms with Crippen molar-refractivity contribution in [2.24, 2.45) is 5.92 Å². The quantitative estimate of drug-likeness (QED) is 0.744. The van der Waals surface area contributed by atoms with Crippen LogP contribution in [0, 0.1) is 5.92 Å². The van der Waals surface area contributed by atoms with Gasteiger partial charge < -0.3 is 10.2 Å². The second-order valence-corrected chi connectivity index (χ2v) is 8.42. The number of rotatable bonds is 7. The number of piperazine rings is 1. The lowest BCUT2D eigenvalue weighted by Gasteiger charge is -2.39. The van der Waals surface area contributed by atoms with E-state index >= 15 is 0 Å². The molecule has 1 saturated heterocycles. The number of carbonyl (C=O) groups excluding carboxylic acids is 2. The van der Waals surface area contributed by atoms with Crippen LogP contribution in [0.15, 0.2) is 0 Å². The van der Waals surface area contributed by atoms with E-state index in [1.54, 1.807) is 0 Å². The first-order valence-electron chi connectivity index (χ1n) is 7.44. The van der Waals surface area contributed by atoms with Gasteiger partial charge >= 0.3 is 0 Å². The maximum Gasteiger partial charge on any atom is 0.245 e. The molecule has 2 unspecified atom stereocenters. The molecule has 0 bridgehead atoms. The number of nitrogens with zero attached hydrogens (tertiary/aromatic N) is 1. The molecule has 2 amide bonds. The van der Waals surface area contributed by atoms with Crippen LogP contribution < -0.4 is 5.32 Å². The highest BCUT2D eigenvalue weighted by atomic mass is 32.2. The molecule has 0 radical (unpaired) electrons. The van der Waals surface area contributed by atoms with E-state index in [9.17, 15) is 18.0 Å². The minimum atomic E-state index is -3.17. The summed E-state index contributed by atoms with van der Waals surface area (Å²) in [6.07, 6.45) is 3.04. The Hall–Kier alpha value is -1.11. The van der Waals surface area contributed by atoms with Gasteiger partial charge in [0.05, 0.1) is 5.75 Å². The molecular formula is C14H26N2O4S. The number of amides is 2. The highest BCUT2D eigenvalue weighted by Crippen LogP contribution is 2.19. The van der Waals surface area contributed by atoms with E-state index in [1.807, 2.05) is 20.8 Å². The molecule has 1 N–H and O–H groups in total. The summed E-state index contributed by atoms with van der Waals surface area (Å²) in [6, 6.07) is -1.09. The van der Waals surface area contributed by atoms with E-state index < -0.39 is 21.9 Å². The largest absolute Gasteiger partial charge is 0.343 e. The minimum absolute atomic E-state index is 0.0860. The fourth-order valence-corrected chi connectivity index (χ4v) is 3.05. The van der Waals surface area contributed by atoms with Crippen molar-refractivity contribution in [3.05, 3.63) is 0 Å². The maximum absolute atomic E-state index is 12.5. The van der Waals surface area contributed by atoms with E-state index in [1.165, 1.54) is 4.90 Å².